The second-order valence-corrected chi connectivity index (χ2v) is 1.32. The zero-order chi connectivity index (χ0) is 5.70. The van der Waals surface area contributed by atoms with Crippen LogP contribution in [0.1, 0.15) is 6.92 Å². The predicted molar refractivity (Wildman–Crippen MR) is 32.4 cm³/mol. The third-order valence-corrected chi connectivity index (χ3v) is 0.486. The molecule has 0 amide bonds. The third-order valence-electron chi connectivity index (χ3n) is 0.486. The number of rotatable bonds is 1. The number of nitrogens with two attached hydrogens (primary N) is 1. The van der Waals surface area contributed by atoms with Crippen molar-refractivity contribution in [2.24, 2.45) is 10.7 Å². The van der Waals surface area contributed by atoms with Gasteiger partial charge in [0.1, 0.15) is 0 Å². The highest BCUT2D eigenvalue weighted by Gasteiger charge is 1.66. The Morgan fingerprint density at radius 1 is 1.71 bits per heavy atom. The van der Waals surface area contributed by atoms with Crippen LogP contribution in [0, 0.1) is 0 Å². The molecule has 2 N–H and O–H groups in total. The first kappa shape index (κ1) is 6.21. The lowest BCUT2D eigenvalue weighted by Crippen LogP contribution is -1.89. The van der Waals surface area contributed by atoms with Crippen LogP contribution in [-0.4, -0.2) is 13.3 Å². The molecule has 0 aliphatic carbocycles. The van der Waals surface area contributed by atoms with Crippen LogP contribution in [-0.2, 0) is 0 Å². The molecule has 0 aromatic rings. The standard InChI is InChI=1S/C5H10N2/c1-5(6)3-4-7-2/h3-4H,6H2,1-2H3/b5-3+,7-4-. The average molecular weight is 98.1 g/mol. The molecule has 0 aromatic carbocycles. The third kappa shape index (κ3) is 5.21. The van der Waals surface area contributed by atoms with E-state index in [9.17, 15) is 0 Å². The summed E-state index contributed by atoms with van der Waals surface area (Å²) in [4.78, 5) is 3.69. The highest BCUT2D eigenvalue weighted by atomic mass is 14.6. The van der Waals surface area contributed by atoms with Crippen molar-refractivity contribution in [2.75, 3.05) is 7.05 Å². The molecule has 0 unspecified atom stereocenters. The Labute approximate surface area is 43.7 Å². The van der Waals surface area contributed by atoms with E-state index in [0.717, 1.165) is 5.70 Å². The molecule has 40 valence electrons. The van der Waals surface area contributed by atoms with Crippen molar-refractivity contribution in [2.45, 2.75) is 6.92 Å². The van der Waals surface area contributed by atoms with Gasteiger partial charge in [0, 0.05) is 19.0 Å². The Hall–Kier alpha value is -0.790. The van der Waals surface area contributed by atoms with Crippen molar-refractivity contribution in [3.63, 3.8) is 0 Å². The summed E-state index contributed by atoms with van der Waals surface area (Å²) in [6.07, 6.45) is 3.41. The van der Waals surface area contributed by atoms with Gasteiger partial charge in [-0.3, -0.25) is 4.99 Å². The molecule has 0 saturated carbocycles. The molecule has 0 spiro atoms. The van der Waals surface area contributed by atoms with Gasteiger partial charge < -0.3 is 5.73 Å². The molecule has 0 atom stereocenters. The Balaban J connectivity index is 3.46. The first-order valence-electron chi connectivity index (χ1n) is 2.12. The fourth-order valence-corrected chi connectivity index (χ4v) is 0.192. The van der Waals surface area contributed by atoms with Crippen LogP contribution in [0.3, 0.4) is 0 Å². The van der Waals surface area contributed by atoms with E-state index < -0.39 is 0 Å². The van der Waals surface area contributed by atoms with Crippen LogP contribution in [0.15, 0.2) is 16.8 Å². The first-order valence-corrected chi connectivity index (χ1v) is 2.12. The SMILES string of the molecule is C/N=C\C=C(/C)N. The quantitative estimate of drug-likeness (QED) is 0.478. The van der Waals surface area contributed by atoms with Crippen molar-refractivity contribution in [1.82, 2.24) is 0 Å². The molecule has 0 rings (SSSR count). The van der Waals surface area contributed by atoms with E-state index in [1.54, 1.807) is 19.3 Å². The van der Waals surface area contributed by atoms with Gasteiger partial charge >= 0.3 is 0 Å². The lowest BCUT2D eigenvalue weighted by molar-refractivity contribution is 1.32. The fraction of sp³-hybridized carbons (Fsp3) is 0.400. The molecule has 0 aromatic heterocycles. The van der Waals surface area contributed by atoms with Crippen LogP contribution in [0.4, 0.5) is 0 Å². The summed E-state index contributed by atoms with van der Waals surface area (Å²) in [6.45, 7) is 1.82. The van der Waals surface area contributed by atoms with Crippen LogP contribution in [0.2, 0.25) is 0 Å². The van der Waals surface area contributed by atoms with E-state index >= 15 is 0 Å². The lowest BCUT2D eigenvalue weighted by atomic mass is 10.5. The lowest BCUT2D eigenvalue weighted by Gasteiger charge is -1.79. The van der Waals surface area contributed by atoms with Gasteiger partial charge in [-0.15, -0.1) is 0 Å². The second-order valence-electron chi connectivity index (χ2n) is 1.32. The molecular formula is C5H10N2. The van der Waals surface area contributed by atoms with E-state index in [2.05, 4.69) is 4.99 Å². The highest BCUT2D eigenvalue weighted by molar-refractivity contribution is 5.71. The minimum atomic E-state index is 0.783. The summed E-state index contributed by atoms with van der Waals surface area (Å²) in [5, 5.41) is 0. The summed E-state index contributed by atoms with van der Waals surface area (Å²) < 4.78 is 0. The van der Waals surface area contributed by atoms with E-state index in [1.165, 1.54) is 0 Å². The highest BCUT2D eigenvalue weighted by Crippen LogP contribution is 1.72. The zero-order valence-corrected chi connectivity index (χ0v) is 4.68. The number of allylic oxidation sites excluding steroid dienone is 2. The Morgan fingerprint density at radius 2 is 2.29 bits per heavy atom. The molecule has 7 heavy (non-hydrogen) atoms. The number of aliphatic imine (C=N–C) groups is 1. The van der Waals surface area contributed by atoms with Gasteiger partial charge in [-0.05, 0) is 13.0 Å². The molecule has 0 aliphatic heterocycles. The van der Waals surface area contributed by atoms with Crippen molar-refractivity contribution in [3.8, 4) is 0 Å². The second kappa shape index (κ2) is 3.40. The summed E-state index contributed by atoms with van der Waals surface area (Å²) in [6, 6.07) is 0. The summed E-state index contributed by atoms with van der Waals surface area (Å²) in [5.41, 5.74) is 6.03. The summed E-state index contributed by atoms with van der Waals surface area (Å²) in [7, 11) is 1.71. The Bertz CT molecular complexity index is 88.3. The van der Waals surface area contributed by atoms with Gasteiger partial charge in [-0.2, -0.15) is 0 Å². The largest absolute Gasteiger partial charge is 0.402 e. The summed E-state index contributed by atoms with van der Waals surface area (Å²) in [5.74, 6) is 0. The monoisotopic (exact) mass is 98.1 g/mol. The van der Waals surface area contributed by atoms with E-state index in [4.69, 9.17) is 5.73 Å². The Kier molecular flexibility index (Phi) is 3.02. The van der Waals surface area contributed by atoms with Crippen LogP contribution >= 0.6 is 0 Å². The molecule has 0 saturated heterocycles. The Morgan fingerprint density at radius 3 is 2.43 bits per heavy atom. The molecule has 0 bridgehead atoms. The minimum Gasteiger partial charge on any atom is -0.402 e. The predicted octanol–water partition coefficient (Wildman–Crippen LogP) is 0.550. The topological polar surface area (TPSA) is 38.4 Å². The van der Waals surface area contributed by atoms with E-state index in [0.29, 0.717) is 0 Å². The van der Waals surface area contributed by atoms with Gasteiger partial charge in [0.2, 0.25) is 0 Å². The number of hydrogen-bond acceptors (Lipinski definition) is 2. The number of hydrogen-bond donors (Lipinski definition) is 1. The smallest absolute Gasteiger partial charge is 0.0277 e. The maximum atomic E-state index is 5.25. The van der Waals surface area contributed by atoms with Crippen molar-refractivity contribution in [1.29, 1.82) is 0 Å². The first-order chi connectivity index (χ1) is 3.27. The van der Waals surface area contributed by atoms with Gasteiger partial charge in [0.15, 0.2) is 0 Å². The fourth-order valence-electron chi connectivity index (χ4n) is 0.192. The van der Waals surface area contributed by atoms with Crippen molar-refractivity contribution in [3.05, 3.63) is 11.8 Å². The van der Waals surface area contributed by atoms with Crippen LogP contribution in [0.5, 0.6) is 0 Å². The molecule has 0 radical (unpaired) electrons. The van der Waals surface area contributed by atoms with E-state index in [1.807, 2.05) is 6.92 Å². The number of nitrogens with zero attached hydrogens (tertiary/aromatic N) is 1. The molecule has 0 heterocycles. The van der Waals surface area contributed by atoms with Gasteiger partial charge in [0.25, 0.3) is 0 Å². The average Bonchev–Trinajstić information content (AvgIpc) is 1.61. The maximum absolute atomic E-state index is 5.25. The molecular weight excluding hydrogens is 88.1 g/mol. The van der Waals surface area contributed by atoms with Gasteiger partial charge in [-0.25, -0.2) is 0 Å². The normalized spacial score (nSPS) is 13.1. The molecule has 2 nitrogen and oxygen atoms in total. The van der Waals surface area contributed by atoms with Crippen LogP contribution in [0.25, 0.3) is 0 Å². The molecule has 0 aliphatic rings. The van der Waals surface area contributed by atoms with Gasteiger partial charge in [0.05, 0.1) is 0 Å². The van der Waals surface area contributed by atoms with Crippen LogP contribution < -0.4 is 5.73 Å². The zero-order valence-electron chi connectivity index (χ0n) is 4.68. The maximum Gasteiger partial charge on any atom is 0.0277 e. The van der Waals surface area contributed by atoms with E-state index in [-0.39, 0.29) is 0 Å². The summed E-state index contributed by atoms with van der Waals surface area (Å²) >= 11 is 0. The van der Waals surface area contributed by atoms with Gasteiger partial charge in [-0.1, -0.05) is 0 Å². The van der Waals surface area contributed by atoms with Crippen molar-refractivity contribution >= 4 is 6.21 Å². The minimum absolute atomic E-state index is 0.783. The van der Waals surface area contributed by atoms with Crippen molar-refractivity contribution < 1.29 is 0 Å². The molecule has 0 fully saturated rings. The molecule has 2 heteroatoms.